The monoisotopic (exact) mass is 282 g/mol. The van der Waals surface area contributed by atoms with Gasteiger partial charge in [0.1, 0.15) is 5.82 Å². The Kier molecular flexibility index (Phi) is 4.57. The van der Waals surface area contributed by atoms with Crippen LogP contribution >= 0.6 is 0 Å². The van der Waals surface area contributed by atoms with Gasteiger partial charge in [-0.3, -0.25) is 4.79 Å². The van der Waals surface area contributed by atoms with Crippen molar-refractivity contribution in [2.24, 2.45) is 5.92 Å². The lowest BCUT2D eigenvalue weighted by Crippen LogP contribution is -2.38. The van der Waals surface area contributed by atoms with E-state index in [1.54, 1.807) is 0 Å². The highest BCUT2D eigenvalue weighted by molar-refractivity contribution is 5.95. The van der Waals surface area contributed by atoms with E-state index in [4.69, 9.17) is 5.73 Å². The number of rotatable bonds is 3. The van der Waals surface area contributed by atoms with Crippen LogP contribution in [0.2, 0.25) is 0 Å². The first-order valence-electron chi connectivity index (χ1n) is 7.06. The Morgan fingerprint density at radius 3 is 2.85 bits per heavy atom. The molecule has 0 aromatic heterocycles. The number of hydrogen-bond acceptors (Lipinski definition) is 2. The van der Waals surface area contributed by atoms with Gasteiger partial charge in [0.25, 0.3) is 5.91 Å². The van der Waals surface area contributed by atoms with E-state index in [0.29, 0.717) is 5.92 Å². The molecule has 1 aliphatic carbocycles. The minimum atomic E-state index is -0.855. The molecule has 0 heterocycles. The van der Waals surface area contributed by atoms with Crippen LogP contribution in [-0.4, -0.2) is 11.9 Å². The van der Waals surface area contributed by atoms with Crippen molar-refractivity contribution in [3.8, 4) is 0 Å². The highest BCUT2D eigenvalue weighted by Gasteiger charge is 2.24. The minimum absolute atomic E-state index is 0.0325. The number of carbonyl (C=O) groups is 1. The van der Waals surface area contributed by atoms with Gasteiger partial charge in [-0.05, 0) is 30.9 Å². The largest absolute Gasteiger partial charge is 0.396 e. The Morgan fingerprint density at radius 1 is 1.40 bits per heavy atom. The van der Waals surface area contributed by atoms with Crippen molar-refractivity contribution in [1.82, 2.24) is 5.32 Å². The molecule has 1 amide bonds. The van der Waals surface area contributed by atoms with Gasteiger partial charge in [0.2, 0.25) is 0 Å². The molecule has 2 atom stereocenters. The summed E-state index contributed by atoms with van der Waals surface area (Å²) in [6, 6.07) is 1.80. The molecule has 1 aromatic rings. The normalized spacial score (nSPS) is 22.6. The van der Waals surface area contributed by atoms with Gasteiger partial charge < -0.3 is 11.1 Å². The Balaban J connectivity index is 2.08. The topological polar surface area (TPSA) is 55.1 Å². The lowest BCUT2D eigenvalue weighted by Gasteiger charge is -2.29. The van der Waals surface area contributed by atoms with E-state index in [9.17, 15) is 13.6 Å². The maximum atomic E-state index is 13.8. The quantitative estimate of drug-likeness (QED) is 0.836. The second-order valence-electron chi connectivity index (χ2n) is 5.47. The molecule has 20 heavy (non-hydrogen) atoms. The Labute approximate surface area is 117 Å². The van der Waals surface area contributed by atoms with Crippen LogP contribution in [0.4, 0.5) is 14.5 Å². The van der Waals surface area contributed by atoms with Crippen molar-refractivity contribution < 1.29 is 13.6 Å². The van der Waals surface area contributed by atoms with Crippen LogP contribution in [0.1, 0.15) is 49.4 Å². The van der Waals surface area contributed by atoms with Gasteiger partial charge in [0.05, 0.1) is 11.3 Å². The first-order valence-corrected chi connectivity index (χ1v) is 7.06. The van der Waals surface area contributed by atoms with Crippen LogP contribution in [0.3, 0.4) is 0 Å². The molecule has 0 aliphatic heterocycles. The molecule has 5 heteroatoms. The van der Waals surface area contributed by atoms with Crippen LogP contribution in [0.25, 0.3) is 0 Å². The van der Waals surface area contributed by atoms with Gasteiger partial charge in [-0.25, -0.2) is 8.78 Å². The van der Waals surface area contributed by atoms with Crippen molar-refractivity contribution in [2.45, 2.75) is 45.1 Å². The van der Waals surface area contributed by atoms with E-state index in [-0.39, 0.29) is 17.3 Å². The minimum Gasteiger partial charge on any atom is -0.396 e. The molecular weight excluding hydrogens is 262 g/mol. The first-order chi connectivity index (χ1) is 9.51. The number of hydrogen-bond donors (Lipinski definition) is 2. The smallest absolute Gasteiger partial charge is 0.254 e. The summed E-state index contributed by atoms with van der Waals surface area (Å²) in [6.45, 7) is 2.13. The average molecular weight is 282 g/mol. The second kappa shape index (κ2) is 6.20. The lowest BCUT2D eigenvalue weighted by molar-refractivity contribution is 0.0914. The number of amides is 1. The Bertz CT molecular complexity index is 505. The number of carbonyl (C=O) groups excluding carboxylic acids is 1. The van der Waals surface area contributed by atoms with Gasteiger partial charge in [-0.1, -0.05) is 26.2 Å². The molecule has 0 radical (unpaired) electrons. The van der Waals surface area contributed by atoms with Crippen molar-refractivity contribution in [3.05, 3.63) is 29.3 Å². The van der Waals surface area contributed by atoms with Crippen molar-refractivity contribution in [1.29, 1.82) is 0 Å². The van der Waals surface area contributed by atoms with Crippen LogP contribution in [0.5, 0.6) is 0 Å². The number of nitrogens with two attached hydrogens (primary N) is 1. The van der Waals surface area contributed by atoms with Crippen molar-refractivity contribution >= 4 is 11.6 Å². The fraction of sp³-hybridized carbons (Fsp3) is 0.533. The van der Waals surface area contributed by atoms with Crippen LogP contribution < -0.4 is 11.1 Å². The maximum absolute atomic E-state index is 13.8. The predicted octanol–water partition coefficient (Wildman–Crippen LogP) is 3.25. The molecule has 3 nitrogen and oxygen atoms in total. The summed E-state index contributed by atoms with van der Waals surface area (Å²) in [5.74, 6) is -1.55. The zero-order valence-corrected chi connectivity index (χ0v) is 11.6. The molecule has 1 saturated carbocycles. The third-order valence-corrected chi connectivity index (χ3v) is 4.01. The fourth-order valence-corrected chi connectivity index (χ4v) is 2.83. The second-order valence-corrected chi connectivity index (χ2v) is 5.47. The molecule has 110 valence electrons. The molecule has 1 aromatic carbocycles. The summed E-state index contributed by atoms with van der Waals surface area (Å²) in [4.78, 5) is 12.1. The summed E-state index contributed by atoms with van der Waals surface area (Å²) >= 11 is 0. The number of nitrogens with one attached hydrogen (secondary N) is 1. The van der Waals surface area contributed by atoms with Crippen LogP contribution in [-0.2, 0) is 0 Å². The molecule has 0 saturated heterocycles. The van der Waals surface area contributed by atoms with Gasteiger partial charge in [0, 0.05) is 6.04 Å². The van der Waals surface area contributed by atoms with Gasteiger partial charge in [0.15, 0.2) is 5.82 Å². The summed E-state index contributed by atoms with van der Waals surface area (Å²) in [6.07, 6.45) is 5.08. The molecular formula is C15H20F2N2O. The van der Waals surface area contributed by atoms with E-state index in [2.05, 4.69) is 12.2 Å². The first kappa shape index (κ1) is 14.8. The molecule has 1 aliphatic rings. The van der Waals surface area contributed by atoms with E-state index in [0.717, 1.165) is 37.8 Å². The summed E-state index contributed by atoms with van der Waals surface area (Å²) < 4.78 is 27.0. The van der Waals surface area contributed by atoms with E-state index < -0.39 is 17.5 Å². The fourth-order valence-electron chi connectivity index (χ4n) is 2.83. The van der Waals surface area contributed by atoms with Crippen LogP contribution in [0.15, 0.2) is 12.1 Å². The van der Waals surface area contributed by atoms with E-state index >= 15 is 0 Å². The van der Waals surface area contributed by atoms with Crippen LogP contribution in [0, 0.1) is 17.6 Å². The summed E-state index contributed by atoms with van der Waals surface area (Å²) in [7, 11) is 0. The molecule has 1 fully saturated rings. The van der Waals surface area contributed by atoms with Gasteiger partial charge >= 0.3 is 0 Å². The third-order valence-electron chi connectivity index (χ3n) is 4.01. The molecule has 0 bridgehead atoms. The highest BCUT2D eigenvalue weighted by atomic mass is 19.1. The molecule has 0 spiro atoms. The van der Waals surface area contributed by atoms with Gasteiger partial charge in [-0.2, -0.15) is 0 Å². The Hall–Kier alpha value is -1.65. The zero-order chi connectivity index (χ0) is 14.7. The number of benzene rings is 1. The number of halogens is 2. The average Bonchev–Trinajstić information content (AvgIpc) is 2.43. The third kappa shape index (κ3) is 3.26. The SMILES string of the molecule is CCC1CCCC(NC(=O)c2cc(F)cc(N)c2F)C1. The predicted molar refractivity (Wildman–Crippen MR) is 74.3 cm³/mol. The Morgan fingerprint density at radius 2 is 2.15 bits per heavy atom. The maximum Gasteiger partial charge on any atom is 0.254 e. The molecule has 2 rings (SSSR count). The van der Waals surface area contributed by atoms with E-state index in [1.165, 1.54) is 6.42 Å². The number of anilines is 1. The number of nitrogen functional groups attached to an aromatic ring is 1. The lowest BCUT2D eigenvalue weighted by atomic mass is 9.84. The highest BCUT2D eigenvalue weighted by Crippen LogP contribution is 2.27. The molecule has 3 N–H and O–H groups in total. The summed E-state index contributed by atoms with van der Waals surface area (Å²) in [5, 5.41) is 2.79. The zero-order valence-electron chi connectivity index (χ0n) is 11.6. The van der Waals surface area contributed by atoms with Crippen molar-refractivity contribution in [2.75, 3.05) is 5.73 Å². The summed E-state index contributed by atoms with van der Waals surface area (Å²) in [5.41, 5.74) is 4.68. The van der Waals surface area contributed by atoms with E-state index in [1.807, 2.05) is 0 Å². The van der Waals surface area contributed by atoms with Gasteiger partial charge in [-0.15, -0.1) is 0 Å². The van der Waals surface area contributed by atoms with Crippen molar-refractivity contribution in [3.63, 3.8) is 0 Å². The standard InChI is InChI=1S/C15H20F2N2O/c1-2-9-4-3-5-11(6-9)19-15(20)12-7-10(16)8-13(18)14(12)17/h7-9,11H,2-6,18H2,1H3,(H,19,20). The molecule has 2 unspecified atom stereocenters.